The molecule has 2 aliphatic carbocycles. The summed E-state index contributed by atoms with van der Waals surface area (Å²) in [7, 11) is 0. The van der Waals surface area contributed by atoms with E-state index < -0.39 is 0 Å². The number of thiazole rings is 1. The molecule has 0 bridgehead atoms. The number of carbonyl (C=O) groups excluding carboxylic acids is 1. The van der Waals surface area contributed by atoms with Gasteiger partial charge in [0.2, 0.25) is 0 Å². The fraction of sp³-hybridized carbons (Fsp3) is 0.750. The quantitative estimate of drug-likeness (QED) is 0.788. The van der Waals surface area contributed by atoms with Crippen LogP contribution in [0.4, 0.5) is 5.13 Å². The van der Waals surface area contributed by atoms with Gasteiger partial charge in [-0.1, -0.05) is 12.8 Å². The summed E-state index contributed by atoms with van der Waals surface area (Å²) in [4.78, 5) is 20.2. The second-order valence-corrected chi connectivity index (χ2v) is 7.80. The van der Waals surface area contributed by atoms with Crippen LogP contribution in [0.5, 0.6) is 0 Å². The first-order chi connectivity index (χ1) is 9.76. The van der Waals surface area contributed by atoms with Crippen LogP contribution in [-0.2, 0) is 6.42 Å². The number of ketones is 1. The first-order valence-corrected chi connectivity index (χ1v) is 8.85. The highest BCUT2D eigenvalue weighted by Crippen LogP contribution is 2.47. The van der Waals surface area contributed by atoms with Crippen molar-refractivity contribution in [2.75, 3.05) is 18.0 Å². The zero-order valence-corrected chi connectivity index (χ0v) is 12.8. The van der Waals surface area contributed by atoms with E-state index in [0.29, 0.717) is 11.8 Å². The molecule has 2 fully saturated rings. The predicted molar refractivity (Wildman–Crippen MR) is 81.7 cm³/mol. The molecule has 1 aromatic rings. The molecule has 1 saturated carbocycles. The molecule has 108 valence electrons. The van der Waals surface area contributed by atoms with Gasteiger partial charge in [0.25, 0.3) is 0 Å². The van der Waals surface area contributed by atoms with Gasteiger partial charge >= 0.3 is 0 Å². The Morgan fingerprint density at radius 3 is 2.45 bits per heavy atom. The minimum absolute atomic E-state index is 0.262. The number of piperidine rings is 1. The Morgan fingerprint density at radius 2 is 1.75 bits per heavy atom. The largest absolute Gasteiger partial charge is 0.348 e. The van der Waals surface area contributed by atoms with Crippen molar-refractivity contribution in [2.45, 2.75) is 57.8 Å². The average molecular weight is 290 g/mol. The molecule has 0 N–H and O–H groups in total. The first-order valence-electron chi connectivity index (χ1n) is 8.04. The van der Waals surface area contributed by atoms with Gasteiger partial charge in [0.1, 0.15) is 5.69 Å². The number of aryl methyl sites for hydroxylation is 1. The Hall–Kier alpha value is -0.900. The molecule has 0 radical (unpaired) electrons. The maximum Gasteiger partial charge on any atom is 0.186 e. The summed E-state index contributed by atoms with van der Waals surface area (Å²) in [5.41, 5.74) is 1.45. The number of rotatable bonds is 1. The molecule has 3 nitrogen and oxygen atoms in total. The predicted octanol–water partition coefficient (Wildman–Crippen LogP) is 3.82. The van der Waals surface area contributed by atoms with E-state index in [1.165, 1.54) is 43.4 Å². The van der Waals surface area contributed by atoms with Crippen molar-refractivity contribution in [3.05, 3.63) is 10.6 Å². The molecular weight excluding hydrogens is 268 g/mol. The molecule has 3 aliphatic rings. The van der Waals surface area contributed by atoms with Crippen molar-refractivity contribution in [1.82, 2.24) is 4.98 Å². The van der Waals surface area contributed by atoms with Gasteiger partial charge in [0, 0.05) is 24.4 Å². The second kappa shape index (κ2) is 4.83. The SMILES string of the molecule is O=C1CCCc2sc(N3CCC4(CCCC4)CC3)nc21. The van der Waals surface area contributed by atoms with E-state index in [9.17, 15) is 4.79 Å². The third-order valence-corrected chi connectivity index (χ3v) is 6.69. The second-order valence-electron chi connectivity index (χ2n) is 6.74. The molecule has 1 spiro atoms. The zero-order valence-electron chi connectivity index (χ0n) is 12.0. The number of hydrogen-bond donors (Lipinski definition) is 0. The lowest BCUT2D eigenvalue weighted by Gasteiger charge is -2.39. The van der Waals surface area contributed by atoms with Crippen LogP contribution in [0.15, 0.2) is 0 Å². The number of carbonyl (C=O) groups is 1. The smallest absolute Gasteiger partial charge is 0.186 e. The summed E-state index contributed by atoms with van der Waals surface area (Å²) in [6.45, 7) is 2.28. The fourth-order valence-electron chi connectivity index (χ4n) is 4.19. The highest BCUT2D eigenvalue weighted by molar-refractivity contribution is 7.16. The molecular formula is C16H22N2OS. The Balaban J connectivity index is 1.50. The number of fused-ring (bicyclic) bond motifs is 1. The van der Waals surface area contributed by atoms with Gasteiger partial charge in [-0.2, -0.15) is 0 Å². The molecule has 2 heterocycles. The van der Waals surface area contributed by atoms with Crippen LogP contribution in [0.1, 0.15) is 66.7 Å². The van der Waals surface area contributed by atoms with Crippen LogP contribution in [0.2, 0.25) is 0 Å². The zero-order chi connectivity index (χ0) is 13.6. The van der Waals surface area contributed by atoms with Crippen molar-refractivity contribution in [2.24, 2.45) is 5.41 Å². The molecule has 0 amide bonds. The van der Waals surface area contributed by atoms with Crippen molar-refractivity contribution in [1.29, 1.82) is 0 Å². The van der Waals surface area contributed by atoms with E-state index in [0.717, 1.165) is 36.8 Å². The minimum Gasteiger partial charge on any atom is -0.348 e. The lowest BCUT2D eigenvalue weighted by molar-refractivity contribution is 0.0968. The maximum absolute atomic E-state index is 11.9. The summed E-state index contributed by atoms with van der Waals surface area (Å²) in [6, 6.07) is 0. The molecule has 1 saturated heterocycles. The molecule has 0 unspecified atom stereocenters. The fourth-order valence-corrected chi connectivity index (χ4v) is 5.36. The Bertz CT molecular complexity index is 521. The normalized spacial score (nSPS) is 25.2. The van der Waals surface area contributed by atoms with Gasteiger partial charge in [-0.15, -0.1) is 11.3 Å². The van der Waals surface area contributed by atoms with Crippen LogP contribution >= 0.6 is 11.3 Å². The average Bonchev–Trinajstić information content (AvgIpc) is 3.08. The van der Waals surface area contributed by atoms with E-state index in [2.05, 4.69) is 9.88 Å². The van der Waals surface area contributed by atoms with E-state index in [1.54, 1.807) is 11.3 Å². The lowest BCUT2D eigenvalue weighted by atomic mass is 9.77. The highest BCUT2D eigenvalue weighted by Gasteiger charge is 2.37. The molecule has 1 aliphatic heterocycles. The van der Waals surface area contributed by atoms with E-state index >= 15 is 0 Å². The third kappa shape index (κ3) is 2.09. The highest BCUT2D eigenvalue weighted by atomic mass is 32.1. The monoisotopic (exact) mass is 290 g/mol. The van der Waals surface area contributed by atoms with Gasteiger partial charge < -0.3 is 4.90 Å². The van der Waals surface area contributed by atoms with Crippen molar-refractivity contribution in [3.8, 4) is 0 Å². The van der Waals surface area contributed by atoms with Crippen LogP contribution in [0, 0.1) is 5.41 Å². The van der Waals surface area contributed by atoms with Crippen molar-refractivity contribution >= 4 is 22.3 Å². The molecule has 4 heteroatoms. The summed E-state index contributed by atoms with van der Waals surface area (Å²) < 4.78 is 0. The first kappa shape index (κ1) is 12.8. The summed E-state index contributed by atoms with van der Waals surface area (Å²) >= 11 is 1.77. The Labute approximate surface area is 124 Å². The summed E-state index contributed by atoms with van der Waals surface area (Å²) in [5, 5.41) is 1.11. The maximum atomic E-state index is 11.9. The lowest BCUT2D eigenvalue weighted by Crippen LogP contribution is -2.38. The molecule has 1 aromatic heterocycles. The van der Waals surface area contributed by atoms with Gasteiger partial charge in [0.05, 0.1) is 0 Å². The number of hydrogen-bond acceptors (Lipinski definition) is 4. The summed E-state index contributed by atoms with van der Waals surface area (Å²) in [6.07, 6.45) is 11.1. The van der Waals surface area contributed by atoms with Gasteiger partial charge in [-0.3, -0.25) is 4.79 Å². The Kier molecular flexibility index (Phi) is 3.09. The topological polar surface area (TPSA) is 33.2 Å². The standard InChI is InChI=1S/C16H22N2OS/c19-12-4-3-5-13-14(12)17-15(20-13)18-10-8-16(9-11-18)6-1-2-7-16/h1-11H2. The number of aromatic nitrogens is 1. The van der Waals surface area contributed by atoms with E-state index in [-0.39, 0.29) is 5.78 Å². The third-order valence-electron chi connectivity index (χ3n) is 5.52. The van der Waals surface area contributed by atoms with Crippen LogP contribution < -0.4 is 4.90 Å². The number of Topliss-reactive ketones (excluding diaryl/α,β-unsaturated/α-hetero) is 1. The number of anilines is 1. The van der Waals surface area contributed by atoms with Crippen molar-refractivity contribution in [3.63, 3.8) is 0 Å². The Morgan fingerprint density at radius 1 is 1.00 bits per heavy atom. The van der Waals surface area contributed by atoms with Gasteiger partial charge in [-0.25, -0.2) is 4.98 Å². The van der Waals surface area contributed by atoms with Gasteiger partial charge in [-0.05, 0) is 43.9 Å². The molecule has 20 heavy (non-hydrogen) atoms. The number of nitrogens with zero attached hydrogens (tertiary/aromatic N) is 2. The van der Waals surface area contributed by atoms with E-state index in [1.807, 2.05) is 0 Å². The van der Waals surface area contributed by atoms with Crippen molar-refractivity contribution < 1.29 is 4.79 Å². The molecule has 0 atom stereocenters. The van der Waals surface area contributed by atoms with E-state index in [4.69, 9.17) is 0 Å². The summed E-state index contributed by atoms with van der Waals surface area (Å²) in [5.74, 6) is 0.262. The molecule has 4 rings (SSSR count). The van der Waals surface area contributed by atoms with Crippen LogP contribution in [-0.4, -0.2) is 23.9 Å². The minimum atomic E-state index is 0.262. The van der Waals surface area contributed by atoms with Crippen LogP contribution in [0.25, 0.3) is 0 Å². The molecule has 0 aromatic carbocycles. The van der Waals surface area contributed by atoms with Gasteiger partial charge in [0.15, 0.2) is 10.9 Å². The van der Waals surface area contributed by atoms with Crippen LogP contribution in [0.3, 0.4) is 0 Å².